The van der Waals surface area contributed by atoms with Crippen LogP contribution >= 0.6 is 0 Å². The van der Waals surface area contributed by atoms with Gasteiger partial charge in [-0.05, 0) is 32.4 Å². The number of nitrogens with zero attached hydrogens (tertiary/aromatic N) is 4. The Kier molecular flexibility index (Phi) is 5.96. The zero-order valence-corrected chi connectivity index (χ0v) is 16.8. The highest BCUT2D eigenvalue weighted by Crippen LogP contribution is 2.28. The number of anilines is 1. The van der Waals surface area contributed by atoms with Crippen molar-refractivity contribution in [3.8, 4) is 0 Å². The summed E-state index contributed by atoms with van der Waals surface area (Å²) in [5.41, 5.74) is 3.17. The maximum atomic E-state index is 12.4. The lowest BCUT2D eigenvalue weighted by Crippen LogP contribution is -2.32. The summed E-state index contributed by atoms with van der Waals surface area (Å²) in [7, 11) is 1.37. The summed E-state index contributed by atoms with van der Waals surface area (Å²) in [5, 5.41) is 4.54. The van der Waals surface area contributed by atoms with Crippen molar-refractivity contribution in [1.29, 1.82) is 0 Å². The lowest BCUT2D eigenvalue weighted by Gasteiger charge is -2.29. The van der Waals surface area contributed by atoms with E-state index < -0.39 is 0 Å². The quantitative estimate of drug-likeness (QED) is 0.704. The number of rotatable bonds is 6. The number of methoxy groups -OCH3 is 1. The number of pyridine rings is 1. The Labute approximate surface area is 164 Å². The molecule has 8 nitrogen and oxygen atoms in total. The average Bonchev–Trinajstić information content (AvgIpc) is 3.08. The Morgan fingerprint density at radius 1 is 1.29 bits per heavy atom. The topological polar surface area (TPSA) is 86.6 Å². The smallest absolute Gasteiger partial charge is 0.359 e. The van der Waals surface area contributed by atoms with Gasteiger partial charge in [0.1, 0.15) is 5.82 Å². The second kappa shape index (κ2) is 8.41. The lowest BCUT2D eigenvalue weighted by atomic mass is 10.0. The average molecular weight is 386 g/mol. The molecule has 2 aromatic heterocycles. The van der Waals surface area contributed by atoms with Crippen LogP contribution in [0.4, 0.5) is 5.82 Å². The molecular weight excluding hydrogens is 360 g/mol. The van der Waals surface area contributed by atoms with Crippen LogP contribution in [-0.4, -0.2) is 47.0 Å². The zero-order chi connectivity index (χ0) is 20.3. The van der Waals surface area contributed by atoms with Crippen LogP contribution in [0.25, 0.3) is 0 Å². The van der Waals surface area contributed by atoms with Crippen molar-refractivity contribution >= 4 is 17.8 Å². The largest absolute Gasteiger partial charge is 0.469 e. The number of carbonyl (C=O) groups excluding carboxylic acids is 2. The molecule has 28 heavy (non-hydrogen) atoms. The Morgan fingerprint density at radius 2 is 2.07 bits per heavy atom. The number of fused-ring (bicyclic) bond motifs is 1. The minimum Gasteiger partial charge on any atom is -0.469 e. The number of hydrogen-bond donors (Lipinski definition) is 0. The van der Waals surface area contributed by atoms with Crippen molar-refractivity contribution in [1.82, 2.24) is 14.8 Å². The minimum atomic E-state index is -0.388. The normalized spacial score (nSPS) is 13.4. The number of aromatic nitrogens is 3. The number of esters is 2. The summed E-state index contributed by atoms with van der Waals surface area (Å²) in [6.07, 6.45) is 2.65. The molecule has 0 N–H and O–H groups in total. The molecule has 3 rings (SSSR count). The van der Waals surface area contributed by atoms with Gasteiger partial charge in [0.25, 0.3) is 0 Å². The van der Waals surface area contributed by atoms with Gasteiger partial charge in [0.15, 0.2) is 5.69 Å². The Morgan fingerprint density at radius 3 is 2.68 bits per heavy atom. The van der Waals surface area contributed by atoms with Gasteiger partial charge in [-0.25, -0.2) is 9.78 Å². The van der Waals surface area contributed by atoms with E-state index >= 15 is 0 Å². The Balaban J connectivity index is 1.85. The van der Waals surface area contributed by atoms with Crippen LogP contribution in [0.3, 0.4) is 0 Å². The van der Waals surface area contributed by atoms with E-state index in [0.717, 1.165) is 35.6 Å². The standard InChI is InChI=1S/C20H26N4O4/c1-5-28-20(26)19-15-12-23(9-8-16(15)24(22-19)13(2)3)17-7-6-14(11-21-17)10-18(25)27-4/h6-7,11,13H,5,8-10,12H2,1-4H3. The number of hydrogen-bond acceptors (Lipinski definition) is 7. The summed E-state index contributed by atoms with van der Waals surface area (Å²) in [6.45, 7) is 7.52. The second-order valence-corrected chi connectivity index (χ2v) is 6.98. The van der Waals surface area contributed by atoms with Gasteiger partial charge in [-0.2, -0.15) is 5.10 Å². The fraction of sp³-hybridized carbons (Fsp3) is 0.500. The molecular formula is C20H26N4O4. The van der Waals surface area contributed by atoms with Crippen molar-refractivity contribution in [3.05, 3.63) is 40.8 Å². The summed E-state index contributed by atoms with van der Waals surface area (Å²) >= 11 is 0. The first kappa shape index (κ1) is 19.9. The molecule has 3 heterocycles. The summed E-state index contributed by atoms with van der Waals surface area (Å²) in [6, 6.07) is 3.93. The van der Waals surface area contributed by atoms with Crippen molar-refractivity contribution in [2.24, 2.45) is 0 Å². The third-order valence-corrected chi connectivity index (χ3v) is 4.75. The maximum Gasteiger partial charge on any atom is 0.359 e. The van der Waals surface area contributed by atoms with Crippen LogP contribution in [0.5, 0.6) is 0 Å². The first-order valence-electron chi connectivity index (χ1n) is 9.48. The fourth-order valence-corrected chi connectivity index (χ4v) is 3.38. The molecule has 0 radical (unpaired) electrons. The van der Waals surface area contributed by atoms with Crippen LogP contribution in [0.1, 0.15) is 54.1 Å². The molecule has 0 fully saturated rings. The molecule has 0 saturated heterocycles. The van der Waals surface area contributed by atoms with Crippen molar-refractivity contribution < 1.29 is 19.1 Å². The predicted octanol–water partition coefficient (Wildman–Crippen LogP) is 2.31. The third kappa shape index (κ3) is 4.00. The summed E-state index contributed by atoms with van der Waals surface area (Å²) in [4.78, 5) is 30.4. The zero-order valence-electron chi connectivity index (χ0n) is 16.8. The first-order chi connectivity index (χ1) is 13.4. The molecule has 1 aliphatic heterocycles. The predicted molar refractivity (Wildman–Crippen MR) is 103 cm³/mol. The van der Waals surface area contributed by atoms with Crippen LogP contribution in [-0.2, 0) is 33.7 Å². The number of ether oxygens (including phenoxy) is 2. The Bertz CT molecular complexity index is 858. The van der Waals surface area contributed by atoms with E-state index in [4.69, 9.17) is 4.74 Å². The van der Waals surface area contributed by atoms with Gasteiger partial charge in [-0.3, -0.25) is 9.48 Å². The third-order valence-electron chi connectivity index (χ3n) is 4.75. The van der Waals surface area contributed by atoms with Crippen molar-refractivity contribution in [2.45, 2.75) is 46.2 Å². The fourth-order valence-electron chi connectivity index (χ4n) is 3.38. The van der Waals surface area contributed by atoms with E-state index in [1.54, 1.807) is 13.1 Å². The first-order valence-corrected chi connectivity index (χ1v) is 9.48. The molecule has 0 bridgehead atoms. The van der Waals surface area contributed by atoms with Gasteiger partial charge < -0.3 is 14.4 Å². The van der Waals surface area contributed by atoms with E-state index in [1.807, 2.05) is 16.8 Å². The molecule has 0 saturated carbocycles. The van der Waals surface area contributed by atoms with Gasteiger partial charge >= 0.3 is 11.9 Å². The highest BCUT2D eigenvalue weighted by Gasteiger charge is 2.30. The van der Waals surface area contributed by atoms with Crippen LogP contribution in [0, 0.1) is 0 Å². The molecule has 0 atom stereocenters. The molecule has 1 aliphatic rings. The van der Waals surface area contributed by atoms with E-state index in [9.17, 15) is 9.59 Å². The summed E-state index contributed by atoms with van der Waals surface area (Å²) in [5.74, 6) is 0.116. The highest BCUT2D eigenvalue weighted by atomic mass is 16.5. The summed E-state index contributed by atoms with van der Waals surface area (Å²) < 4.78 is 11.8. The van der Waals surface area contributed by atoms with Crippen molar-refractivity contribution in [3.63, 3.8) is 0 Å². The molecule has 0 aromatic carbocycles. The second-order valence-electron chi connectivity index (χ2n) is 6.98. The minimum absolute atomic E-state index is 0.166. The molecule has 0 aliphatic carbocycles. The van der Waals surface area contributed by atoms with Gasteiger partial charge in [0.05, 0.1) is 20.1 Å². The van der Waals surface area contributed by atoms with Crippen molar-refractivity contribution in [2.75, 3.05) is 25.2 Å². The SMILES string of the molecule is CCOC(=O)c1nn(C(C)C)c2c1CN(c1ccc(CC(=O)OC)cn1)CC2. The molecule has 2 aromatic rings. The molecule has 0 amide bonds. The van der Waals surface area contributed by atoms with Gasteiger partial charge in [0, 0.05) is 43.0 Å². The van der Waals surface area contributed by atoms with Crippen LogP contribution in [0.2, 0.25) is 0 Å². The van der Waals surface area contributed by atoms with E-state index in [0.29, 0.717) is 18.8 Å². The maximum absolute atomic E-state index is 12.4. The van der Waals surface area contributed by atoms with E-state index in [1.165, 1.54) is 7.11 Å². The highest BCUT2D eigenvalue weighted by molar-refractivity contribution is 5.89. The lowest BCUT2D eigenvalue weighted by molar-refractivity contribution is -0.139. The molecule has 8 heteroatoms. The molecule has 0 spiro atoms. The van der Waals surface area contributed by atoms with Gasteiger partial charge in [0.2, 0.25) is 0 Å². The van der Waals surface area contributed by atoms with Crippen LogP contribution < -0.4 is 4.90 Å². The molecule has 150 valence electrons. The monoisotopic (exact) mass is 386 g/mol. The molecule has 0 unspecified atom stereocenters. The van der Waals surface area contributed by atoms with E-state index in [-0.39, 0.29) is 24.4 Å². The Hall–Kier alpha value is -2.90. The van der Waals surface area contributed by atoms with E-state index in [2.05, 4.69) is 33.6 Å². The number of carbonyl (C=O) groups is 2. The van der Waals surface area contributed by atoms with Gasteiger partial charge in [-0.1, -0.05) is 6.07 Å². The van der Waals surface area contributed by atoms with Gasteiger partial charge in [-0.15, -0.1) is 0 Å². The van der Waals surface area contributed by atoms with Crippen LogP contribution in [0.15, 0.2) is 18.3 Å².